The van der Waals surface area contributed by atoms with Gasteiger partial charge in [0, 0.05) is 43.5 Å². The van der Waals surface area contributed by atoms with Crippen molar-refractivity contribution in [2.75, 3.05) is 11.4 Å². The second kappa shape index (κ2) is 7.19. The zero-order valence-electron chi connectivity index (χ0n) is 17.3. The van der Waals surface area contributed by atoms with Crippen molar-refractivity contribution in [3.05, 3.63) is 42.6 Å². The van der Waals surface area contributed by atoms with Crippen LogP contribution in [0.2, 0.25) is 0 Å². The summed E-state index contributed by atoms with van der Waals surface area (Å²) in [6.07, 6.45) is 7.72. The summed E-state index contributed by atoms with van der Waals surface area (Å²) in [6, 6.07) is 4.33. The molecule has 0 aliphatic carbocycles. The fourth-order valence-corrected chi connectivity index (χ4v) is 5.30. The summed E-state index contributed by atoms with van der Waals surface area (Å²) in [5.41, 5.74) is 2.08. The van der Waals surface area contributed by atoms with Gasteiger partial charge in [-0.05, 0) is 37.8 Å². The van der Waals surface area contributed by atoms with Crippen molar-refractivity contribution in [2.45, 2.75) is 56.2 Å². The zero-order chi connectivity index (χ0) is 21.9. The summed E-state index contributed by atoms with van der Waals surface area (Å²) >= 11 is 0. The SMILES string of the molecule is Oc1cc(-n2ccnc2)ccc1-c1nnc2c(n1)CCCN2[C@H]1C[C@H]2CC(F)(F)[C@@H](C1)N2. The highest BCUT2D eigenvalue weighted by Crippen LogP contribution is 2.42. The monoisotopic (exact) mass is 439 g/mol. The Bertz CT molecular complexity index is 1150. The molecule has 2 aromatic heterocycles. The third-order valence-electron chi connectivity index (χ3n) is 6.82. The number of aryl methyl sites for hydroxylation is 1. The standard InChI is InChI=1S/C22H23F2N7O/c23-22(24)11-13-8-15(10-19(22)26-13)31-6-1-2-17-21(31)29-28-20(27-17)16-4-3-14(9-18(16)32)30-7-5-25-12-30/h3-5,7,9,12-13,15,19,26,32H,1-2,6,8,10-11H2/t13-,15-,19+/m0/s1. The molecule has 3 aliphatic heterocycles. The lowest BCUT2D eigenvalue weighted by Gasteiger charge is -2.40. The van der Waals surface area contributed by atoms with E-state index in [9.17, 15) is 13.9 Å². The van der Waals surface area contributed by atoms with E-state index in [1.165, 1.54) is 0 Å². The van der Waals surface area contributed by atoms with Crippen LogP contribution in [0.3, 0.4) is 0 Å². The maximum absolute atomic E-state index is 14.2. The van der Waals surface area contributed by atoms with E-state index in [4.69, 9.17) is 4.98 Å². The molecule has 3 aromatic rings. The number of piperidine rings is 1. The van der Waals surface area contributed by atoms with Crippen LogP contribution in [-0.4, -0.2) is 60.4 Å². The van der Waals surface area contributed by atoms with E-state index < -0.39 is 12.0 Å². The fraction of sp³-hybridized carbons (Fsp3) is 0.455. The minimum absolute atomic E-state index is 0.00323. The van der Waals surface area contributed by atoms with Crippen molar-refractivity contribution < 1.29 is 13.9 Å². The predicted octanol–water partition coefficient (Wildman–Crippen LogP) is 2.71. The Morgan fingerprint density at radius 1 is 1.19 bits per heavy atom. The van der Waals surface area contributed by atoms with Gasteiger partial charge < -0.3 is 19.9 Å². The number of halogens is 2. The molecule has 3 aliphatic rings. The first-order valence-electron chi connectivity index (χ1n) is 10.9. The van der Waals surface area contributed by atoms with Crippen molar-refractivity contribution in [1.82, 2.24) is 30.0 Å². The molecular formula is C22H23F2N7O. The molecular weight excluding hydrogens is 416 g/mol. The van der Waals surface area contributed by atoms with Crippen LogP contribution in [0.4, 0.5) is 14.6 Å². The highest BCUT2D eigenvalue weighted by atomic mass is 19.3. The number of imidazole rings is 1. The van der Waals surface area contributed by atoms with E-state index in [1.54, 1.807) is 35.4 Å². The molecule has 0 amide bonds. The second-order valence-corrected chi connectivity index (χ2v) is 8.88. The molecule has 0 saturated carbocycles. The maximum atomic E-state index is 14.2. The van der Waals surface area contributed by atoms with Gasteiger partial charge in [0.1, 0.15) is 5.75 Å². The number of aromatic nitrogens is 5. The molecule has 2 fully saturated rings. The number of phenolic OH excluding ortho intramolecular Hbond substituents is 1. The van der Waals surface area contributed by atoms with E-state index in [0.29, 0.717) is 30.0 Å². The lowest BCUT2D eigenvalue weighted by atomic mass is 9.96. The van der Waals surface area contributed by atoms with Crippen LogP contribution in [0, 0.1) is 0 Å². The average Bonchev–Trinajstić information content (AvgIpc) is 3.39. The van der Waals surface area contributed by atoms with Crippen molar-refractivity contribution in [3.63, 3.8) is 0 Å². The maximum Gasteiger partial charge on any atom is 0.264 e. The number of hydrogen-bond acceptors (Lipinski definition) is 7. The highest BCUT2D eigenvalue weighted by molar-refractivity contribution is 5.66. The molecule has 5 heterocycles. The van der Waals surface area contributed by atoms with E-state index in [2.05, 4.69) is 25.4 Å². The molecule has 6 rings (SSSR count). The molecule has 166 valence electrons. The van der Waals surface area contributed by atoms with Crippen LogP contribution in [0.1, 0.15) is 31.4 Å². The molecule has 0 radical (unpaired) electrons. The summed E-state index contributed by atoms with van der Waals surface area (Å²) in [6.45, 7) is 0.767. The van der Waals surface area contributed by atoms with Crippen LogP contribution in [0.25, 0.3) is 17.1 Å². The Kier molecular flexibility index (Phi) is 4.39. The van der Waals surface area contributed by atoms with Gasteiger partial charge in [0.2, 0.25) is 0 Å². The third-order valence-corrected chi connectivity index (χ3v) is 6.82. The number of fused-ring (bicyclic) bond motifs is 3. The summed E-state index contributed by atoms with van der Waals surface area (Å²) in [7, 11) is 0. The molecule has 8 nitrogen and oxygen atoms in total. The van der Waals surface area contributed by atoms with E-state index >= 15 is 0 Å². The lowest BCUT2D eigenvalue weighted by Crippen LogP contribution is -2.52. The first-order valence-corrected chi connectivity index (χ1v) is 10.9. The lowest BCUT2D eigenvalue weighted by molar-refractivity contribution is -0.0129. The van der Waals surface area contributed by atoms with Gasteiger partial charge in [-0.1, -0.05) is 0 Å². The minimum Gasteiger partial charge on any atom is -0.507 e. The number of nitrogens with one attached hydrogen (secondary N) is 1. The number of aromatic hydroxyl groups is 1. The number of phenols is 1. The second-order valence-electron chi connectivity index (χ2n) is 8.88. The first-order chi connectivity index (χ1) is 15.5. The fourth-order valence-electron chi connectivity index (χ4n) is 5.30. The van der Waals surface area contributed by atoms with Gasteiger partial charge in [0.05, 0.1) is 29.3 Å². The summed E-state index contributed by atoms with van der Waals surface area (Å²) in [4.78, 5) is 10.8. The van der Waals surface area contributed by atoms with Gasteiger partial charge in [-0.25, -0.2) is 18.7 Å². The van der Waals surface area contributed by atoms with Crippen LogP contribution in [0.5, 0.6) is 5.75 Å². The number of rotatable bonds is 3. The Morgan fingerprint density at radius 3 is 2.88 bits per heavy atom. The third kappa shape index (κ3) is 3.21. The van der Waals surface area contributed by atoms with Crippen LogP contribution >= 0.6 is 0 Å². The minimum atomic E-state index is -2.65. The number of hydrogen-bond donors (Lipinski definition) is 2. The molecule has 2 bridgehead atoms. The summed E-state index contributed by atoms with van der Waals surface area (Å²) < 4.78 is 30.2. The quantitative estimate of drug-likeness (QED) is 0.648. The number of nitrogens with zero attached hydrogens (tertiary/aromatic N) is 6. The van der Waals surface area contributed by atoms with Gasteiger partial charge in [-0.2, -0.15) is 0 Å². The van der Waals surface area contributed by atoms with Crippen molar-refractivity contribution in [2.24, 2.45) is 0 Å². The van der Waals surface area contributed by atoms with Crippen LogP contribution < -0.4 is 10.2 Å². The van der Waals surface area contributed by atoms with Crippen LogP contribution in [0.15, 0.2) is 36.9 Å². The van der Waals surface area contributed by atoms with Gasteiger partial charge in [0.25, 0.3) is 5.92 Å². The Morgan fingerprint density at radius 2 is 2.09 bits per heavy atom. The number of alkyl halides is 2. The Balaban J connectivity index is 1.28. The molecule has 2 saturated heterocycles. The average molecular weight is 439 g/mol. The molecule has 0 unspecified atom stereocenters. The predicted molar refractivity (Wildman–Crippen MR) is 113 cm³/mol. The Hall–Kier alpha value is -3.14. The molecule has 1 aromatic carbocycles. The van der Waals surface area contributed by atoms with E-state index in [0.717, 1.165) is 30.8 Å². The highest BCUT2D eigenvalue weighted by Gasteiger charge is 2.53. The van der Waals surface area contributed by atoms with Crippen molar-refractivity contribution in [1.29, 1.82) is 0 Å². The van der Waals surface area contributed by atoms with Gasteiger partial charge in [-0.15, -0.1) is 10.2 Å². The van der Waals surface area contributed by atoms with E-state index in [-0.39, 0.29) is 24.3 Å². The smallest absolute Gasteiger partial charge is 0.264 e. The van der Waals surface area contributed by atoms with Crippen LogP contribution in [-0.2, 0) is 6.42 Å². The topological polar surface area (TPSA) is 92.0 Å². The van der Waals surface area contributed by atoms with Gasteiger partial charge in [0.15, 0.2) is 11.6 Å². The van der Waals surface area contributed by atoms with Crippen molar-refractivity contribution >= 4 is 5.82 Å². The van der Waals surface area contributed by atoms with E-state index in [1.807, 2.05) is 6.07 Å². The zero-order valence-corrected chi connectivity index (χ0v) is 17.3. The van der Waals surface area contributed by atoms with Crippen molar-refractivity contribution in [3.8, 4) is 22.8 Å². The summed E-state index contributed by atoms with van der Waals surface area (Å²) in [5.74, 6) is -1.55. The largest absolute Gasteiger partial charge is 0.507 e. The van der Waals surface area contributed by atoms with Gasteiger partial charge in [-0.3, -0.25) is 0 Å². The molecule has 3 atom stereocenters. The molecule has 0 spiro atoms. The summed E-state index contributed by atoms with van der Waals surface area (Å²) in [5, 5.41) is 22.4. The van der Waals surface area contributed by atoms with Gasteiger partial charge >= 0.3 is 0 Å². The number of anilines is 1. The number of benzene rings is 1. The Labute approximate surface area is 183 Å². The first kappa shape index (κ1) is 19.5. The molecule has 32 heavy (non-hydrogen) atoms. The molecule has 2 N–H and O–H groups in total. The normalized spacial score (nSPS) is 26.2. The molecule has 10 heteroatoms.